The third-order valence-corrected chi connectivity index (χ3v) is 2.97. The first kappa shape index (κ1) is 11.6. The fourth-order valence-electron chi connectivity index (χ4n) is 1.05. The van der Waals surface area contributed by atoms with E-state index in [9.17, 15) is 8.42 Å². The maximum Gasteiger partial charge on any atom is 0.175 e. The largest absolute Gasteiger partial charge is 0.374 e. The minimum atomic E-state index is -3.10. The molecule has 1 aromatic rings. The average Bonchev–Trinajstić information content (AvgIpc) is 2.18. The van der Waals surface area contributed by atoms with Crippen LogP contribution in [0.4, 0.5) is 5.69 Å². The van der Waals surface area contributed by atoms with Gasteiger partial charge in [0.15, 0.2) is 9.84 Å². The Hall–Kier alpha value is -1.47. The lowest BCUT2D eigenvalue weighted by Gasteiger charge is -2.03. The zero-order valence-corrected chi connectivity index (χ0v) is 9.56. The molecule has 0 heterocycles. The molecule has 0 amide bonds. The van der Waals surface area contributed by atoms with Gasteiger partial charge in [0.2, 0.25) is 0 Å². The Kier molecular flexibility index (Phi) is 3.75. The summed E-state index contributed by atoms with van der Waals surface area (Å²) in [6.45, 7) is 2.34. The van der Waals surface area contributed by atoms with E-state index in [0.717, 1.165) is 5.69 Å². The van der Waals surface area contributed by atoms with E-state index in [-0.39, 0.29) is 0 Å². The van der Waals surface area contributed by atoms with Crippen molar-refractivity contribution in [2.75, 3.05) is 18.1 Å². The van der Waals surface area contributed by atoms with Crippen molar-refractivity contribution in [3.8, 4) is 11.8 Å². The van der Waals surface area contributed by atoms with Crippen molar-refractivity contribution in [1.82, 2.24) is 0 Å². The Labute approximate surface area is 90.4 Å². The van der Waals surface area contributed by atoms with Crippen molar-refractivity contribution < 1.29 is 8.42 Å². The number of benzene rings is 1. The van der Waals surface area contributed by atoms with Gasteiger partial charge in [-0.05, 0) is 31.2 Å². The molecule has 1 aromatic carbocycles. The highest BCUT2D eigenvalue weighted by Gasteiger charge is 2.05. The van der Waals surface area contributed by atoms with E-state index in [0.29, 0.717) is 11.4 Å². The second-order valence-corrected chi connectivity index (χ2v) is 5.09. The third-order valence-electron chi connectivity index (χ3n) is 1.84. The van der Waals surface area contributed by atoms with Gasteiger partial charge in [-0.25, -0.2) is 8.42 Å². The second-order valence-electron chi connectivity index (χ2n) is 3.08. The summed E-state index contributed by atoms with van der Waals surface area (Å²) >= 11 is 0. The lowest BCUT2D eigenvalue weighted by molar-refractivity contribution is 0.602. The first-order valence-corrected chi connectivity index (χ1v) is 6.37. The molecule has 80 valence electrons. The van der Waals surface area contributed by atoms with Crippen molar-refractivity contribution in [3.05, 3.63) is 24.3 Å². The molecular formula is C11H13NO2S. The normalized spacial score (nSPS) is 10.3. The van der Waals surface area contributed by atoms with E-state index in [1.807, 2.05) is 0 Å². The van der Waals surface area contributed by atoms with Gasteiger partial charge in [-0.3, -0.25) is 0 Å². The van der Waals surface area contributed by atoms with Crippen LogP contribution in [-0.2, 0) is 9.84 Å². The van der Waals surface area contributed by atoms with Gasteiger partial charge in [0.1, 0.15) is 0 Å². The molecule has 3 nitrogen and oxygen atoms in total. The Morgan fingerprint density at radius 2 is 1.87 bits per heavy atom. The molecule has 0 aliphatic rings. The van der Waals surface area contributed by atoms with Gasteiger partial charge in [0.25, 0.3) is 0 Å². The van der Waals surface area contributed by atoms with Crippen LogP contribution in [0.1, 0.15) is 6.92 Å². The minimum absolute atomic E-state index is 0.328. The fraction of sp³-hybridized carbons (Fsp3) is 0.273. The number of hydrogen-bond acceptors (Lipinski definition) is 3. The summed E-state index contributed by atoms with van der Waals surface area (Å²) < 4.78 is 22.3. The van der Waals surface area contributed by atoms with E-state index in [2.05, 4.69) is 17.2 Å². The molecule has 0 aliphatic heterocycles. The highest BCUT2D eigenvalue weighted by atomic mass is 32.2. The van der Waals surface area contributed by atoms with Crippen LogP contribution in [0.5, 0.6) is 0 Å². The topological polar surface area (TPSA) is 46.2 Å². The lowest BCUT2D eigenvalue weighted by Crippen LogP contribution is -2.00. The lowest BCUT2D eigenvalue weighted by atomic mass is 10.3. The van der Waals surface area contributed by atoms with Crippen LogP contribution in [0.3, 0.4) is 0 Å². The summed E-state index contributed by atoms with van der Waals surface area (Å²) in [6, 6.07) is 6.62. The predicted molar refractivity (Wildman–Crippen MR) is 61.5 cm³/mol. The SMILES string of the molecule is CC#CCNc1ccc(S(C)(=O)=O)cc1. The quantitative estimate of drug-likeness (QED) is 0.790. The van der Waals surface area contributed by atoms with Crippen LogP contribution in [-0.4, -0.2) is 21.2 Å². The van der Waals surface area contributed by atoms with E-state index in [4.69, 9.17) is 0 Å². The van der Waals surface area contributed by atoms with Gasteiger partial charge < -0.3 is 5.32 Å². The van der Waals surface area contributed by atoms with Gasteiger partial charge in [-0.15, -0.1) is 5.92 Å². The molecule has 0 aliphatic carbocycles. The predicted octanol–water partition coefficient (Wildman–Crippen LogP) is 1.53. The summed E-state index contributed by atoms with van der Waals surface area (Å²) in [4.78, 5) is 0.328. The van der Waals surface area contributed by atoms with Crippen molar-refractivity contribution in [3.63, 3.8) is 0 Å². The molecule has 1 rings (SSSR count). The Balaban J connectivity index is 2.76. The van der Waals surface area contributed by atoms with E-state index < -0.39 is 9.84 Å². The second kappa shape index (κ2) is 4.85. The Morgan fingerprint density at radius 3 is 2.33 bits per heavy atom. The van der Waals surface area contributed by atoms with Crippen LogP contribution >= 0.6 is 0 Å². The molecule has 0 bridgehead atoms. The molecule has 0 fully saturated rings. The summed E-state index contributed by atoms with van der Waals surface area (Å²) in [5.74, 6) is 5.63. The maximum absolute atomic E-state index is 11.2. The maximum atomic E-state index is 11.2. The van der Waals surface area contributed by atoms with Crippen molar-refractivity contribution in [1.29, 1.82) is 0 Å². The Morgan fingerprint density at radius 1 is 1.27 bits per heavy atom. The number of rotatable bonds is 3. The van der Waals surface area contributed by atoms with E-state index in [1.165, 1.54) is 6.26 Å². The van der Waals surface area contributed by atoms with Crippen molar-refractivity contribution in [2.45, 2.75) is 11.8 Å². The number of hydrogen-bond donors (Lipinski definition) is 1. The summed E-state index contributed by atoms with van der Waals surface area (Å²) in [5, 5.41) is 3.06. The van der Waals surface area contributed by atoms with Gasteiger partial charge >= 0.3 is 0 Å². The average molecular weight is 223 g/mol. The molecule has 0 aromatic heterocycles. The zero-order chi connectivity index (χ0) is 11.3. The van der Waals surface area contributed by atoms with Gasteiger partial charge in [0, 0.05) is 11.9 Å². The highest BCUT2D eigenvalue weighted by molar-refractivity contribution is 7.90. The molecule has 0 radical (unpaired) electrons. The van der Waals surface area contributed by atoms with Crippen molar-refractivity contribution >= 4 is 15.5 Å². The molecule has 0 atom stereocenters. The molecule has 0 saturated carbocycles. The van der Waals surface area contributed by atoms with E-state index in [1.54, 1.807) is 31.2 Å². The molecule has 0 saturated heterocycles. The molecule has 0 unspecified atom stereocenters. The first-order valence-electron chi connectivity index (χ1n) is 4.47. The molecule has 0 spiro atoms. The summed E-state index contributed by atoms with van der Waals surface area (Å²) in [7, 11) is -3.10. The van der Waals surface area contributed by atoms with Crippen LogP contribution in [0, 0.1) is 11.8 Å². The fourth-order valence-corrected chi connectivity index (χ4v) is 1.69. The minimum Gasteiger partial charge on any atom is -0.374 e. The number of anilines is 1. The number of nitrogens with one attached hydrogen (secondary N) is 1. The van der Waals surface area contributed by atoms with Gasteiger partial charge in [0.05, 0.1) is 11.4 Å². The van der Waals surface area contributed by atoms with Gasteiger partial charge in [-0.1, -0.05) is 5.92 Å². The first-order chi connectivity index (χ1) is 7.04. The highest BCUT2D eigenvalue weighted by Crippen LogP contribution is 2.13. The third kappa shape index (κ3) is 3.64. The molecular weight excluding hydrogens is 210 g/mol. The van der Waals surface area contributed by atoms with Crippen molar-refractivity contribution in [2.24, 2.45) is 0 Å². The van der Waals surface area contributed by atoms with Crippen LogP contribution in [0.15, 0.2) is 29.2 Å². The monoisotopic (exact) mass is 223 g/mol. The molecule has 15 heavy (non-hydrogen) atoms. The smallest absolute Gasteiger partial charge is 0.175 e. The molecule has 1 N–H and O–H groups in total. The summed E-state index contributed by atoms with van der Waals surface area (Å²) in [5.41, 5.74) is 0.866. The van der Waals surface area contributed by atoms with Crippen LogP contribution < -0.4 is 5.32 Å². The van der Waals surface area contributed by atoms with E-state index >= 15 is 0 Å². The van der Waals surface area contributed by atoms with Crippen LogP contribution in [0.2, 0.25) is 0 Å². The summed E-state index contributed by atoms with van der Waals surface area (Å²) in [6.07, 6.45) is 1.19. The van der Waals surface area contributed by atoms with Gasteiger partial charge in [-0.2, -0.15) is 0 Å². The standard InChI is InChI=1S/C11H13NO2S/c1-3-4-9-12-10-5-7-11(8-6-10)15(2,13)14/h5-8,12H,9H2,1-2H3. The Bertz CT molecular complexity index is 478. The number of sulfone groups is 1. The molecule has 4 heteroatoms. The van der Waals surface area contributed by atoms with Crippen LogP contribution in [0.25, 0.3) is 0 Å². The zero-order valence-electron chi connectivity index (χ0n) is 8.74.